The molecular weight excluding hydrogens is 374 g/mol. The molecule has 0 bridgehead atoms. The average molecular weight is 390 g/mol. The van der Waals surface area contributed by atoms with E-state index in [0.29, 0.717) is 0 Å². The molecule has 2 aromatic carbocycles. The van der Waals surface area contributed by atoms with Crippen LogP contribution in [0.5, 0.6) is 0 Å². The second-order valence-corrected chi connectivity index (χ2v) is 5.84. The van der Waals surface area contributed by atoms with Gasteiger partial charge in [-0.1, -0.05) is 41.4 Å². The molecule has 0 atom stereocenters. The van der Waals surface area contributed by atoms with Gasteiger partial charge in [0.2, 0.25) is 0 Å². The monoisotopic (exact) mass is 389 g/mol. The third-order valence-corrected chi connectivity index (χ3v) is 3.61. The average Bonchev–Trinajstić information content (AvgIpc) is 2.63. The second-order valence-electron chi connectivity index (χ2n) is 5.43. The van der Waals surface area contributed by atoms with Gasteiger partial charge in [-0.2, -0.15) is 5.10 Å². The quantitative estimate of drug-likeness (QED) is 0.399. The number of hydrogen-bond acceptors (Lipinski definition) is 5. The number of anilines is 1. The van der Waals surface area contributed by atoms with Crippen LogP contribution in [0.25, 0.3) is 0 Å². The number of nitrogens with zero attached hydrogens (tertiary/aromatic N) is 2. The first-order valence-corrected chi connectivity index (χ1v) is 8.10. The van der Waals surface area contributed by atoms with Crippen LogP contribution in [0.15, 0.2) is 47.6 Å². The molecule has 3 amide bonds. The number of rotatable bonds is 6. The zero-order valence-electron chi connectivity index (χ0n) is 14.2. The Balaban J connectivity index is 1.78. The van der Waals surface area contributed by atoms with Crippen molar-refractivity contribution in [3.63, 3.8) is 0 Å². The Kier molecular flexibility index (Phi) is 6.84. The molecule has 0 unspecified atom stereocenters. The van der Waals surface area contributed by atoms with E-state index in [9.17, 15) is 19.7 Å². The molecule has 3 N–H and O–H groups in total. The van der Waals surface area contributed by atoms with E-state index in [0.717, 1.165) is 17.2 Å². The van der Waals surface area contributed by atoms with Gasteiger partial charge < -0.3 is 10.6 Å². The number of nitrogens with one attached hydrogen (secondary N) is 3. The first-order chi connectivity index (χ1) is 12.8. The molecule has 0 aliphatic carbocycles. The van der Waals surface area contributed by atoms with Gasteiger partial charge in [-0.15, -0.1) is 0 Å². The number of carbonyl (C=O) groups excluding carboxylic acids is 2. The summed E-state index contributed by atoms with van der Waals surface area (Å²) in [6.07, 6.45) is 1.48. The number of halogens is 1. The summed E-state index contributed by atoms with van der Waals surface area (Å²) in [4.78, 5) is 33.5. The lowest BCUT2D eigenvalue weighted by atomic mass is 10.2. The van der Waals surface area contributed by atoms with E-state index in [2.05, 4.69) is 21.2 Å². The molecule has 0 saturated carbocycles. The third-order valence-electron chi connectivity index (χ3n) is 3.30. The standard InChI is InChI=1S/C17H16ClN5O4/c1-11-2-4-12(5-3-11)9-20-22-16(24)10-19-17(25)21-15-7-6-13(23(26)27)8-14(15)18/h2-9H,10H2,1H3,(H,22,24)(H2,19,21,25)/b20-9-. The zero-order valence-corrected chi connectivity index (χ0v) is 15.0. The number of non-ortho nitro benzene ring substituents is 1. The molecule has 140 valence electrons. The SMILES string of the molecule is Cc1ccc(/C=N\NC(=O)CNC(=O)Nc2ccc([N+](=O)[O-])cc2Cl)cc1. The Labute approximate surface area is 159 Å². The number of hydrogen-bond donors (Lipinski definition) is 3. The number of aryl methyl sites for hydroxylation is 1. The fourth-order valence-electron chi connectivity index (χ4n) is 1.92. The molecule has 2 rings (SSSR count). The number of nitro benzene ring substituents is 1. The third kappa shape index (κ3) is 6.40. The lowest BCUT2D eigenvalue weighted by molar-refractivity contribution is -0.384. The molecule has 0 aliphatic heterocycles. The first-order valence-electron chi connectivity index (χ1n) is 7.72. The van der Waals surface area contributed by atoms with Crippen molar-refractivity contribution in [3.05, 3.63) is 68.7 Å². The Morgan fingerprint density at radius 2 is 1.93 bits per heavy atom. The highest BCUT2D eigenvalue weighted by Crippen LogP contribution is 2.26. The summed E-state index contributed by atoms with van der Waals surface area (Å²) < 4.78 is 0. The van der Waals surface area contributed by atoms with E-state index in [1.54, 1.807) is 0 Å². The highest BCUT2D eigenvalue weighted by atomic mass is 35.5. The molecule has 0 spiro atoms. The molecule has 0 fully saturated rings. The van der Waals surface area contributed by atoms with Crippen molar-refractivity contribution in [1.29, 1.82) is 0 Å². The zero-order chi connectivity index (χ0) is 19.8. The summed E-state index contributed by atoms with van der Waals surface area (Å²) in [5.74, 6) is -0.525. The maximum Gasteiger partial charge on any atom is 0.319 e. The van der Waals surface area contributed by atoms with Crippen LogP contribution >= 0.6 is 11.6 Å². The van der Waals surface area contributed by atoms with Gasteiger partial charge in [-0.05, 0) is 18.6 Å². The smallest absolute Gasteiger partial charge is 0.319 e. The topological polar surface area (TPSA) is 126 Å². The lowest BCUT2D eigenvalue weighted by Gasteiger charge is -2.08. The Morgan fingerprint density at radius 1 is 1.22 bits per heavy atom. The van der Waals surface area contributed by atoms with Crippen molar-refractivity contribution in [1.82, 2.24) is 10.7 Å². The molecule has 2 aromatic rings. The highest BCUT2D eigenvalue weighted by Gasteiger charge is 2.12. The highest BCUT2D eigenvalue weighted by molar-refractivity contribution is 6.33. The molecule has 0 saturated heterocycles. The molecule has 9 nitrogen and oxygen atoms in total. The summed E-state index contributed by atoms with van der Waals surface area (Å²) in [6, 6.07) is 10.5. The number of urea groups is 1. The summed E-state index contributed by atoms with van der Waals surface area (Å²) in [7, 11) is 0. The predicted octanol–water partition coefficient (Wildman–Crippen LogP) is 2.83. The number of benzene rings is 2. The number of hydrazone groups is 1. The van der Waals surface area contributed by atoms with Gasteiger partial charge in [0.15, 0.2) is 0 Å². The van der Waals surface area contributed by atoms with Crippen LogP contribution in [0, 0.1) is 17.0 Å². The lowest BCUT2D eigenvalue weighted by Crippen LogP contribution is -2.37. The maximum atomic E-state index is 11.8. The van der Waals surface area contributed by atoms with Gasteiger partial charge in [-0.25, -0.2) is 10.2 Å². The van der Waals surface area contributed by atoms with Crippen molar-refractivity contribution in [3.8, 4) is 0 Å². The maximum absolute atomic E-state index is 11.8. The van der Waals surface area contributed by atoms with E-state index in [1.807, 2.05) is 31.2 Å². The van der Waals surface area contributed by atoms with Crippen LogP contribution in [0.2, 0.25) is 5.02 Å². The summed E-state index contributed by atoms with van der Waals surface area (Å²) in [5, 5.41) is 19.2. The first kappa shape index (κ1) is 19.9. The van der Waals surface area contributed by atoms with E-state index < -0.39 is 16.9 Å². The second kappa shape index (κ2) is 9.30. The number of nitro groups is 1. The van der Waals surface area contributed by atoms with Gasteiger partial charge in [0.05, 0.1) is 21.8 Å². The largest absolute Gasteiger partial charge is 0.329 e. The number of amides is 3. The minimum absolute atomic E-state index is 0.00602. The van der Waals surface area contributed by atoms with Crippen molar-refractivity contribution in [2.24, 2.45) is 5.10 Å². The summed E-state index contributed by atoms with van der Waals surface area (Å²) >= 11 is 5.87. The Bertz CT molecular complexity index is 883. The molecular formula is C17H16ClN5O4. The molecule has 10 heteroatoms. The fourth-order valence-corrected chi connectivity index (χ4v) is 2.14. The molecule has 0 radical (unpaired) electrons. The van der Waals surface area contributed by atoms with E-state index in [-0.39, 0.29) is 22.9 Å². The van der Waals surface area contributed by atoms with Crippen molar-refractivity contribution in [2.45, 2.75) is 6.92 Å². The van der Waals surface area contributed by atoms with Gasteiger partial charge in [0, 0.05) is 12.1 Å². The molecule has 0 aliphatic rings. The normalized spacial score (nSPS) is 10.4. The van der Waals surface area contributed by atoms with Crippen LogP contribution < -0.4 is 16.1 Å². The molecule has 0 heterocycles. The van der Waals surface area contributed by atoms with Crippen molar-refractivity contribution < 1.29 is 14.5 Å². The molecule has 27 heavy (non-hydrogen) atoms. The summed E-state index contributed by atoms with van der Waals surface area (Å²) in [6.45, 7) is 1.64. The van der Waals surface area contributed by atoms with Gasteiger partial charge in [0.25, 0.3) is 11.6 Å². The van der Waals surface area contributed by atoms with Crippen LogP contribution in [0.4, 0.5) is 16.2 Å². The van der Waals surface area contributed by atoms with Gasteiger partial charge in [0.1, 0.15) is 6.54 Å². The Hall–Kier alpha value is -3.46. The van der Waals surface area contributed by atoms with Crippen molar-refractivity contribution >= 4 is 41.1 Å². The summed E-state index contributed by atoms with van der Waals surface area (Å²) in [5.41, 5.74) is 4.19. The van der Waals surface area contributed by atoms with E-state index in [4.69, 9.17) is 11.6 Å². The van der Waals surface area contributed by atoms with Crippen molar-refractivity contribution in [2.75, 3.05) is 11.9 Å². The van der Waals surface area contributed by atoms with Crippen LogP contribution in [0.3, 0.4) is 0 Å². The van der Waals surface area contributed by atoms with Gasteiger partial charge in [-0.3, -0.25) is 14.9 Å². The minimum Gasteiger partial charge on any atom is -0.329 e. The number of carbonyl (C=O) groups is 2. The minimum atomic E-state index is -0.691. The Morgan fingerprint density at radius 3 is 2.56 bits per heavy atom. The van der Waals surface area contributed by atoms with E-state index >= 15 is 0 Å². The van der Waals surface area contributed by atoms with Crippen LogP contribution in [0.1, 0.15) is 11.1 Å². The van der Waals surface area contributed by atoms with Crippen LogP contribution in [-0.4, -0.2) is 29.6 Å². The fraction of sp³-hybridized carbons (Fsp3) is 0.118. The molecule has 0 aromatic heterocycles. The van der Waals surface area contributed by atoms with Crippen LogP contribution in [-0.2, 0) is 4.79 Å². The van der Waals surface area contributed by atoms with E-state index in [1.165, 1.54) is 18.3 Å². The predicted molar refractivity (Wildman–Crippen MR) is 102 cm³/mol. The van der Waals surface area contributed by atoms with Gasteiger partial charge >= 0.3 is 6.03 Å².